The Morgan fingerprint density at radius 2 is 0.436 bits per heavy atom. The highest BCUT2D eigenvalue weighted by atomic mass is 32.3. The number of hydrogen-bond acceptors (Lipinski definition) is 2. The fourth-order valence-electron chi connectivity index (χ4n) is 8.55. The first kappa shape index (κ1) is 54.3. The van der Waals surface area contributed by atoms with Gasteiger partial charge < -0.3 is 10.2 Å². The van der Waals surface area contributed by atoms with E-state index in [0.717, 1.165) is 24.3 Å². The van der Waals surface area contributed by atoms with E-state index in [1.807, 2.05) is 0 Å². The highest BCUT2D eigenvalue weighted by Crippen LogP contribution is 2.51. The number of carboxylic acid groups (broad SMARTS) is 2. The maximum Gasteiger partial charge on any atom is 0.304 e. The smallest absolute Gasteiger partial charge is 0.304 e. The van der Waals surface area contributed by atoms with E-state index >= 15 is 0 Å². The average molecular weight is 797 g/mol. The van der Waals surface area contributed by atoms with Gasteiger partial charge in [-0.15, -0.1) is 0 Å². The minimum atomic E-state index is -1.20. The van der Waals surface area contributed by atoms with Gasteiger partial charge in [-0.2, -0.15) is 0 Å². The van der Waals surface area contributed by atoms with E-state index in [9.17, 15) is 19.8 Å². The van der Waals surface area contributed by atoms with Crippen LogP contribution in [0.15, 0.2) is 0 Å². The van der Waals surface area contributed by atoms with Gasteiger partial charge in [0.05, 0.1) is 12.8 Å². The van der Waals surface area contributed by atoms with Crippen molar-refractivity contribution < 1.29 is 19.8 Å². The normalized spacial score (nSPS) is 12.1. The molecule has 0 aromatic carbocycles. The monoisotopic (exact) mass is 797 g/mol. The summed E-state index contributed by atoms with van der Waals surface area (Å²) in [5, 5.41) is 19.1. The highest BCUT2D eigenvalue weighted by Gasteiger charge is 2.25. The van der Waals surface area contributed by atoms with Gasteiger partial charge in [0.1, 0.15) is 0 Å². The van der Waals surface area contributed by atoms with Crippen molar-refractivity contribution in [2.75, 3.05) is 23.0 Å². The van der Waals surface area contributed by atoms with Gasteiger partial charge in [-0.05, 0) is 35.9 Å². The molecule has 0 rings (SSSR count). The molecule has 0 fully saturated rings. The lowest BCUT2D eigenvalue weighted by Crippen LogP contribution is -2.21. The minimum absolute atomic E-state index is 0.202. The van der Waals surface area contributed by atoms with Crippen LogP contribution in [-0.2, 0) is 9.59 Å². The summed E-state index contributed by atoms with van der Waals surface area (Å²) in [6.07, 6.45) is 55.5. The molecule has 330 valence electrons. The molecule has 0 aromatic heterocycles. The van der Waals surface area contributed by atoms with Crippen molar-refractivity contribution in [3.8, 4) is 0 Å². The fourth-order valence-corrected chi connectivity index (χ4v) is 12.6. The highest BCUT2D eigenvalue weighted by molar-refractivity contribution is 8.33. The van der Waals surface area contributed by atoms with Crippen molar-refractivity contribution in [1.82, 2.24) is 0 Å². The SMILES string of the molecule is CCCCCCCCCCCCCCCCCCCCCCS(CCCCCCCCCCCCCCCCCCCCCC)(CCC(=O)O)CCC(=O)O. The van der Waals surface area contributed by atoms with Gasteiger partial charge in [0.25, 0.3) is 0 Å². The van der Waals surface area contributed by atoms with E-state index in [-0.39, 0.29) is 12.8 Å². The van der Waals surface area contributed by atoms with Gasteiger partial charge in [-0.1, -0.05) is 258 Å². The first-order valence-electron chi connectivity index (χ1n) is 25.1. The lowest BCUT2D eigenvalue weighted by Gasteiger charge is -2.40. The molecule has 0 saturated carbocycles. The van der Waals surface area contributed by atoms with Crippen LogP contribution >= 0.6 is 10.0 Å². The molecule has 2 N–H and O–H groups in total. The molecule has 0 amide bonds. The van der Waals surface area contributed by atoms with Crippen LogP contribution in [0.3, 0.4) is 0 Å². The first-order valence-corrected chi connectivity index (χ1v) is 27.4. The van der Waals surface area contributed by atoms with Crippen molar-refractivity contribution in [2.45, 2.75) is 284 Å². The Morgan fingerprint density at radius 1 is 0.273 bits per heavy atom. The third-order valence-corrected chi connectivity index (χ3v) is 16.8. The van der Waals surface area contributed by atoms with Crippen LogP contribution in [0, 0.1) is 0 Å². The van der Waals surface area contributed by atoms with Gasteiger partial charge in [-0.3, -0.25) is 9.59 Å². The van der Waals surface area contributed by atoms with Crippen LogP contribution in [0.25, 0.3) is 0 Å². The summed E-state index contributed by atoms with van der Waals surface area (Å²) in [4.78, 5) is 23.2. The van der Waals surface area contributed by atoms with E-state index in [1.165, 1.54) is 244 Å². The van der Waals surface area contributed by atoms with Gasteiger partial charge in [0.2, 0.25) is 0 Å². The molecular weight excluding hydrogens is 697 g/mol. The molecule has 4 nitrogen and oxygen atoms in total. The standard InChI is InChI=1S/C50H100O4S/c1-3-5-7-9-11-13-15-17-19-21-23-25-27-29-31-33-35-37-39-41-45-55(47-43-49(51)52,48-44-50(53)54)46-42-40-38-36-34-32-30-28-26-24-22-20-18-16-14-12-10-8-6-4-2/h3-48H2,1-2H3,(H,51,52)(H,53,54). The average Bonchev–Trinajstić information content (AvgIpc) is 3.17. The van der Waals surface area contributed by atoms with E-state index < -0.39 is 22.0 Å². The van der Waals surface area contributed by atoms with Crippen LogP contribution < -0.4 is 0 Å². The van der Waals surface area contributed by atoms with E-state index in [0.29, 0.717) is 11.5 Å². The number of unbranched alkanes of at least 4 members (excludes halogenated alkanes) is 38. The Kier molecular flexibility index (Phi) is 43.8. The molecule has 0 bridgehead atoms. The molecule has 0 heterocycles. The summed E-state index contributed by atoms with van der Waals surface area (Å²) >= 11 is 0. The zero-order valence-electron chi connectivity index (χ0n) is 37.6. The molecule has 0 unspecified atom stereocenters. The second-order valence-electron chi connectivity index (χ2n) is 17.8. The molecule has 0 atom stereocenters. The van der Waals surface area contributed by atoms with Gasteiger partial charge in [0.15, 0.2) is 0 Å². The Morgan fingerprint density at radius 3 is 0.600 bits per heavy atom. The Hall–Kier alpha value is -0.710. The van der Waals surface area contributed by atoms with E-state index in [4.69, 9.17) is 0 Å². The van der Waals surface area contributed by atoms with E-state index in [1.54, 1.807) is 0 Å². The topological polar surface area (TPSA) is 74.6 Å². The Bertz CT molecular complexity index is 722. The maximum atomic E-state index is 11.6. The number of aliphatic carboxylic acids is 2. The predicted octanol–water partition coefficient (Wildman–Crippen LogP) is 17.4. The minimum Gasteiger partial charge on any atom is -0.481 e. The van der Waals surface area contributed by atoms with Crippen LogP contribution in [-0.4, -0.2) is 45.2 Å². The van der Waals surface area contributed by atoms with Gasteiger partial charge >= 0.3 is 11.9 Å². The largest absolute Gasteiger partial charge is 0.481 e. The lowest BCUT2D eigenvalue weighted by atomic mass is 10.0. The Balaban J connectivity index is 4.00. The van der Waals surface area contributed by atoms with Crippen molar-refractivity contribution in [1.29, 1.82) is 0 Å². The summed E-state index contributed by atoms with van der Waals surface area (Å²) in [5.41, 5.74) is 0. The maximum absolute atomic E-state index is 11.6. The summed E-state index contributed by atoms with van der Waals surface area (Å²) in [6, 6.07) is 0. The second-order valence-corrected chi connectivity index (χ2v) is 21.8. The third kappa shape index (κ3) is 42.7. The fraction of sp³-hybridized carbons (Fsp3) is 0.960. The molecule has 0 radical (unpaired) electrons. The van der Waals surface area contributed by atoms with Crippen LogP contribution in [0.2, 0.25) is 0 Å². The second kappa shape index (κ2) is 44.4. The summed E-state index contributed by atoms with van der Waals surface area (Å²) in [6.45, 7) is 4.58. The molecule has 0 aliphatic carbocycles. The number of carbonyl (C=O) groups is 2. The molecule has 0 aliphatic rings. The first-order chi connectivity index (χ1) is 27.0. The summed E-state index contributed by atoms with van der Waals surface area (Å²) in [7, 11) is -1.20. The zero-order valence-corrected chi connectivity index (χ0v) is 38.5. The quantitative estimate of drug-likeness (QED) is 0.0602. The van der Waals surface area contributed by atoms with Crippen molar-refractivity contribution in [3.63, 3.8) is 0 Å². The Labute approximate surface area is 347 Å². The lowest BCUT2D eigenvalue weighted by molar-refractivity contribution is -0.137. The molecular formula is C50H100O4S. The molecule has 55 heavy (non-hydrogen) atoms. The number of carboxylic acids is 2. The summed E-state index contributed by atoms with van der Waals surface area (Å²) < 4.78 is 0. The predicted molar refractivity (Wildman–Crippen MR) is 248 cm³/mol. The van der Waals surface area contributed by atoms with Crippen molar-refractivity contribution in [3.05, 3.63) is 0 Å². The van der Waals surface area contributed by atoms with Gasteiger partial charge in [-0.25, -0.2) is 10.0 Å². The number of hydrogen-bond donors (Lipinski definition) is 2. The van der Waals surface area contributed by atoms with Crippen molar-refractivity contribution >= 4 is 22.0 Å². The van der Waals surface area contributed by atoms with Crippen LogP contribution in [0.4, 0.5) is 0 Å². The molecule has 0 saturated heterocycles. The van der Waals surface area contributed by atoms with Gasteiger partial charge in [0, 0.05) is 0 Å². The van der Waals surface area contributed by atoms with Crippen LogP contribution in [0.1, 0.15) is 284 Å². The molecule has 0 aromatic rings. The third-order valence-electron chi connectivity index (χ3n) is 12.4. The number of rotatable bonds is 48. The molecule has 5 heteroatoms. The van der Waals surface area contributed by atoms with E-state index in [2.05, 4.69) is 13.8 Å². The zero-order chi connectivity index (χ0) is 40.2. The summed E-state index contributed by atoms with van der Waals surface area (Å²) in [5.74, 6) is 2.14. The van der Waals surface area contributed by atoms with Crippen molar-refractivity contribution in [2.24, 2.45) is 0 Å². The van der Waals surface area contributed by atoms with Crippen LogP contribution in [0.5, 0.6) is 0 Å². The molecule has 0 spiro atoms. The molecule has 0 aliphatic heterocycles.